The largest absolute Gasteiger partial charge is 0.322 e. The fourth-order valence-electron chi connectivity index (χ4n) is 4.75. The Morgan fingerprint density at radius 1 is 0.935 bits per heavy atom. The predicted octanol–water partition coefficient (Wildman–Crippen LogP) is 5.10. The Kier molecular flexibility index (Phi) is 6.54. The number of hydrogen-bond donors (Lipinski definition) is 1. The first-order chi connectivity index (χ1) is 14.8. The van der Waals surface area contributed by atoms with Crippen molar-refractivity contribution >= 4 is 24.1 Å². The normalized spacial score (nSPS) is 19.3. The highest BCUT2D eigenvalue weighted by molar-refractivity contribution is 5.93. The molecule has 0 spiro atoms. The first kappa shape index (κ1) is 21.3. The average Bonchev–Trinajstić information content (AvgIpc) is 2.80. The number of hydrogen-bond acceptors (Lipinski definition) is 3. The fraction of sp³-hybridized carbons (Fsp3) is 0.280. The first-order valence-corrected chi connectivity index (χ1v) is 10.6. The van der Waals surface area contributed by atoms with Gasteiger partial charge in [-0.25, -0.2) is 4.79 Å². The number of halogens is 1. The number of nitrogens with one attached hydrogen (secondary N) is 1. The van der Waals surface area contributed by atoms with E-state index in [1.54, 1.807) is 0 Å². The summed E-state index contributed by atoms with van der Waals surface area (Å²) >= 11 is 0. The third-order valence-corrected chi connectivity index (χ3v) is 6.20. The summed E-state index contributed by atoms with van der Waals surface area (Å²) in [6.45, 7) is 2.87. The molecular formula is C25H27ClN4O. The molecule has 2 amide bonds. The molecule has 0 aliphatic carbocycles. The van der Waals surface area contributed by atoms with Gasteiger partial charge >= 0.3 is 6.03 Å². The molecule has 3 heterocycles. The molecular weight excluding hydrogens is 408 g/mol. The summed E-state index contributed by atoms with van der Waals surface area (Å²) in [6.07, 6.45) is 5.69. The van der Waals surface area contributed by atoms with Crippen molar-refractivity contribution in [2.75, 3.05) is 18.4 Å². The molecule has 3 aromatic rings. The van der Waals surface area contributed by atoms with Gasteiger partial charge in [0.25, 0.3) is 0 Å². The Bertz CT molecular complexity index is 1010. The van der Waals surface area contributed by atoms with Gasteiger partial charge in [-0.15, -0.1) is 12.4 Å². The van der Waals surface area contributed by atoms with Crippen molar-refractivity contribution in [1.29, 1.82) is 0 Å². The Morgan fingerprint density at radius 3 is 2.42 bits per heavy atom. The zero-order chi connectivity index (χ0) is 20.3. The van der Waals surface area contributed by atoms with Crippen LogP contribution in [0, 0.1) is 0 Å². The standard InChI is InChI=1S/C25H26N4O.ClH/c30-25-27-23-11-5-4-10-22(23)24(20-8-2-1-3-9-20)29(25)21-12-15-28(16-13-21)18-19-7-6-14-26-17-19;/h1-11,14,17,21,24H,12-13,15-16,18H2,(H,27,30);1H. The fourth-order valence-corrected chi connectivity index (χ4v) is 4.75. The third kappa shape index (κ3) is 4.43. The SMILES string of the molecule is Cl.O=C1Nc2ccccc2C(c2ccccc2)N1C1CCN(Cc2cccnc2)CC1. The van der Waals surface area contributed by atoms with Crippen LogP contribution in [0.1, 0.15) is 35.6 Å². The number of rotatable bonds is 4. The maximum Gasteiger partial charge on any atom is 0.322 e. The molecule has 2 aliphatic heterocycles. The van der Waals surface area contributed by atoms with Crippen LogP contribution in [-0.2, 0) is 6.54 Å². The number of urea groups is 1. The van der Waals surface area contributed by atoms with Gasteiger partial charge in [0.2, 0.25) is 0 Å². The minimum absolute atomic E-state index is 0. The summed E-state index contributed by atoms with van der Waals surface area (Å²) in [5.41, 5.74) is 4.49. The van der Waals surface area contributed by atoms with Crippen molar-refractivity contribution in [2.24, 2.45) is 0 Å². The van der Waals surface area contributed by atoms with E-state index in [0.29, 0.717) is 0 Å². The summed E-state index contributed by atoms with van der Waals surface area (Å²) < 4.78 is 0. The number of likely N-dealkylation sites (tertiary alicyclic amines) is 1. The summed E-state index contributed by atoms with van der Waals surface area (Å²) in [5.74, 6) is 0. The molecule has 6 heteroatoms. The number of anilines is 1. The molecule has 5 rings (SSSR count). The highest BCUT2D eigenvalue weighted by atomic mass is 35.5. The van der Waals surface area contributed by atoms with E-state index in [1.165, 1.54) is 11.1 Å². The quantitative estimate of drug-likeness (QED) is 0.621. The van der Waals surface area contributed by atoms with Gasteiger partial charge < -0.3 is 10.2 Å². The van der Waals surface area contributed by atoms with Crippen molar-refractivity contribution in [3.05, 3.63) is 95.8 Å². The van der Waals surface area contributed by atoms with Gasteiger partial charge in [0.15, 0.2) is 0 Å². The maximum absolute atomic E-state index is 13.2. The second kappa shape index (κ2) is 9.50. The van der Waals surface area contributed by atoms with Gasteiger partial charge in [0.1, 0.15) is 0 Å². The third-order valence-electron chi connectivity index (χ3n) is 6.20. The highest BCUT2D eigenvalue weighted by Crippen LogP contribution is 2.40. The van der Waals surface area contributed by atoms with Crippen molar-refractivity contribution in [2.45, 2.75) is 31.5 Å². The lowest BCUT2D eigenvalue weighted by atomic mass is 9.90. The van der Waals surface area contributed by atoms with Crippen LogP contribution in [0.3, 0.4) is 0 Å². The van der Waals surface area contributed by atoms with Gasteiger partial charge in [0, 0.05) is 49.3 Å². The van der Waals surface area contributed by atoms with Crippen LogP contribution in [0.4, 0.5) is 10.5 Å². The monoisotopic (exact) mass is 434 g/mol. The van der Waals surface area contributed by atoms with Crippen LogP contribution in [0.2, 0.25) is 0 Å². The van der Waals surface area contributed by atoms with E-state index in [9.17, 15) is 4.79 Å². The Morgan fingerprint density at radius 2 is 1.68 bits per heavy atom. The van der Waals surface area contributed by atoms with Gasteiger partial charge in [-0.3, -0.25) is 9.88 Å². The number of pyridine rings is 1. The predicted molar refractivity (Wildman–Crippen MR) is 125 cm³/mol. The number of benzene rings is 2. The van der Waals surface area contributed by atoms with E-state index in [2.05, 4.69) is 62.6 Å². The van der Waals surface area contributed by atoms with Crippen LogP contribution in [0.25, 0.3) is 0 Å². The Hall–Kier alpha value is -2.89. The number of aromatic nitrogens is 1. The van der Waals surface area contributed by atoms with E-state index >= 15 is 0 Å². The number of piperidine rings is 1. The molecule has 1 N–H and O–H groups in total. The van der Waals surface area contributed by atoms with E-state index in [4.69, 9.17) is 0 Å². The molecule has 2 aromatic carbocycles. The van der Waals surface area contributed by atoms with Crippen LogP contribution < -0.4 is 5.32 Å². The van der Waals surface area contributed by atoms with E-state index in [0.717, 1.165) is 43.7 Å². The van der Waals surface area contributed by atoms with Crippen LogP contribution in [-0.4, -0.2) is 39.9 Å². The number of fused-ring (bicyclic) bond motifs is 1. The van der Waals surface area contributed by atoms with E-state index in [1.807, 2.05) is 36.7 Å². The molecule has 1 unspecified atom stereocenters. The molecule has 0 radical (unpaired) electrons. The summed E-state index contributed by atoms with van der Waals surface area (Å²) in [5, 5.41) is 3.12. The van der Waals surface area contributed by atoms with Crippen molar-refractivity contribution in [3.63, 3.8) is 0 Å². The summed E-state index contributed by atoms with van der Waals surface area (Å²) in [4.78, 5) is 22.0. The lowest BCUT2D eigenvalue weighted by Gasteiger charge is -2.45. The highest BCUT2D eigenvalue weighted by Gasteiger charge is 2.38. The van der Waals surface area contributed by atoms with Gasteiger partial charge in [0.05, 0.1) is 6.04 Å². The van der Waals surface area contributed by atoms with Crippen molar-refractivity contribution in [3.8, 4) is 0 Å². The maximum atomic E-state index is 13.2. The first-order valence-electron chi connectivity index (χ1n) is 10.6. The summed E-state index contributed by atoms with van der Waals surface area (Å²) in [7, 11) is 0. The van der Waals surface area contributed by atoms with Gasteiger partial charge in [-0.1, -0.05) is 54.6 Å². The topological polar surface area (TPSA) is 48.5 Å². The lowest BCUT2D eigenvalue weighted by Crippen LogP contribution is -2.52. The van der Waals surface area contributed by atoms with E-state index < -0.39 is 0 Å². The number of carbonyl (C=O) groups excluding carboxylic acids is 1. The zero-order valence-electron chi connectivity index (χ0n) is 17.4. The van der Waals surface area contributed by atoms with Crippen molar-refractivity contribution < 1.29 is 4.79 Å². The molecule has 1 saturated heterocycles. The molecule has 2 aliphatic rings. The molecule has 0 bridgehead atoms. The zero-order valence-corrected chi connectivity index (χ0v) is 18.2. The smallest absolute Gasteiger partial charge is 0.310 e. The molecule has 1 aromatic heterocycles. The molecule has 0 saturated carbocycles. The Balaban J connectivity index is 0.00000231. The lowest BCUT2D eigenvalue weighted by molar-refractivity contribution is 0.106. The second-order valence-corrected chi connectivity index (χ2v) is 8.11. The summed E-state index contributed by atoms with van der Waals surface area (Å²) in [6, 6.07) is 22.9. The van der Waals surface area contributed by atoms with Crippen LogP contribution in [0.5, 0.6) is 0 Å². The van der Waals surface area contributed by atoms with Crippen LogP contribution >= 0.6 is 12.4 Å². The second-order valence-electron chi connectivity index (χ2n) is 8.11. The molecule has 160 valence electrons. The minimum Gasteiger partial charge on any atom is -0.310 e. The Labute approximate surface area is 189 Å². The average molecular weight is 435 g/mol. The number of para-hydroxylation sites is 1. The molecule has 1 fully saturated rings. The number of amides is 2. The van der Waals surface area contributed by atoms with Crippen LogP contribution in [0.15, 0.2) is 79.1 Å². The minimum atomic E-state index is -0.0500. The number of nitrogens with zero attached hydrogens (tertiary/aromatic N) is 3. The van der Waals surface area contributed by atoms with E-state index in [-0.39, 0.29) is 30.5 Å². The van der Waals surface area contributed by atoms with Crippen molar-refractivity contribution in [1.82, 2.24) is 14.8 Å². The molecule has 31 heavy (non-hydrogen) atoms. The molecule has 5 nitrogen and oxygen atoms in total. The number of carbonyl (C=O) groups is 1. The molecule has 1 atom stereocenters. The van der Waals surface area contributed by atoms with Gasteiger partial charge in [-0.05, 0) is 36.1 Å². The van der Waals surface area contributed by atoms with Gasteiger partial charge in [-0.2, -0.15) is 0 Å².